The van der Waals surface area contributed by atoms with Gasteiger partial charge in [0.15, 0.2) is 12.4 Å². The molecule has 0 saturated carbocycles. The summed E-state index contributed by atoms with van der Waals surface area (Å²) in [6, 6.07) is 5.19. The van der Waals surface area contributed by atoms with Gasteiger partial charge in [0.25, 0.3) is 11.8 Å². The predicted molar refractivity (Wildman–Crippen MR) is 83.2 cm³/mol. The SMILES string of the molecule is CN1C(=O)COc2c(C(=O)N3CCC(C(N)=O)CC3)cccc21. The van der Waals surface area contributed by atoms with E-state index in [0.717, 1.165) is 0 Å². The molecule has 23 heavy (non-hydrogen) atoms. The van der Waals surface area contributed by atoms with Crippen molar-refractivity contribution < 1.29 is 19.1 Å². The van der Waals surface area contributed by atoms with Gasteiger partial charge in [-0.2, -0.15) is 0 Å². The molecule has 0 radical (unpaired) electrons. The maximum atomic E-state index is 12.8. The zero-order chi connectivity index (χ0) is 16.6. The number of carbonyl (C=O) groups excluding carboxylic acids is 3. The monoisotopic (exact) mass is 317 g/mol. The Bertz CT molecular complexity index is 665. The van der Waals surface area contributed by atoms with Gasteiger partial charge < -0.3 is 20.3 Å². The van der Waals surface area contributed by atoms with Crippen molar-refractivity contribution in [2.75, 3.05) is 31.6 Å². The van der Waals surface area contributed by atoms with E-state index in [4.69, 9.17) is 10.5 Å². The largest absolute Gasteiger partial charge is 0.481 e. The molecule has 0 atom stereocenters. The zero-order valence-corrected chi connectivity index (χ0v) is 12.9. The van der Waals surface area contributed by atoms with Gasteiger partial charge in [-0.1, -0.05) is 6.07 Å². The molecule has 2 aliphatic rings. The Morgan fingerprint density at radius 2 is 1.96 bits per heavy atom. The van der Waals surface area contributed by atoms with Gasteiger partial charge in [-0.05, 0) is 25.0 Å². The third kappa shape index (κ3) is 2.74. The number of anilines is 1. The highest BCUT2D eigenvalue weighted by Gasteiger charge is 2.31. The van der Waals surface area contributed by atoms with Gasteiger partial charge in [-0.25, -0.2) is 0 Å². The molecule has 122 valence electrons. The fourth-order valence-electron chi connectivity index (χ4n) is 3.01. The summed E-state index contributed by atoms with van der Waals surface area (Å²) in [5, 5.41) is 0. The number of carbonyl (C=O) groups is 3. The fraction of sp³-hybridized carbons (Fsp3) is 0.438. The van der Waals surface area contributed by atoms with E-state index in [-0.39, 0.29) is 30.2 Å². The molecule has 7 heteroatoms. The van der Waals surface area contributed by atoms with Crippen LogP contribution in [0.1, 0.15) is 23.2 Å². The predicted octanol–water partition coefficient (Wildman–Crippen LogP) is 0.379. The molecule has 1 aromatic carbocycles. The molecule has 0 aromatic heterocycles. The zero-order valence-electron chi connectivity index (χ0n) is 12.9. The number of nitrogens with two attached hydrogens (primary N) is 1. The van der Waals surface area contributed by atoms with Crippen molar-refractivity contribution in [3.05, 3.63) is 23.8 Å². The fourth-order valence-corrected chi connectivity index (χ4v) is 3.01. The molecule has 0 aliphatic carbocycles. The van der Waals surface area contributed by atoms with E-state index in [1.165, 1.54) is 4.90 Å². The van der Waals surface area contributed by atoms with Crippen molar-refractivity contribution in [2.24, 2.45) is 11.7 Å². The lowest BCUT2D eigenvalue weighted by Gasteiger charge is -2.32. The summed E-state index contributed by atoms with van der Waals surface area (Å²) in [6.07, 6.45) is 1.16. The molecule has 2 heterocycles. The first-order valence-corrected chi connectivity index (χ1v) is 7.60. The van der Waals surface area contributed by atoms with Gasteiger partial charge in [0.05, 0.1) is 11.3 Å². The van der Waals surface area contributed by atoms with Crippen LogP contribution in [0.25, 0.3) is 0 Å². The van der Waals surface area contributed by atoms with Crippen LogP contribution in [0.5, 0.6) is 5.75 Å². The molecule has 2 N–H and O–H groups in total. The number of ether oxygens (including phenoxy) is 1. The maximum Gasteiger partial charge on any atom is 0.264 e. The number of hydrogen-bond donors (Lipinski definition) is 1. The van der Waals surface area contributed by atoms with Crippen molar-refractivity contribution >= 4 is 23.4 Å². The van der Waals surface area contributed by atoms with Gasteiger partial charge in [-0.3, -0.25) is 14.4 Å². The standard InChI is InChI=1S/C16H19N3O4/c1-18-12-4-2-3-11(14(12)23-9-13(18)20)16(22)19-7-5-10(6-8-19)15(17)21/h2-4,10H,5-9H2,1H3,(H2,17,21). The molecule has 1 fully saturated rings. The normalized spacial score (nSPS) is 18.4. The average Bonchev–Trinajstić information content (AvgIpc) is 2.57. The number of hydrogen-bond acceptors (Lipinski definition) is 4. The first-order chi connectivity index (χ1) is 11.0. The summed E-state index contributed by atoms with van der Waals surface area (Å²) in [7, 11) is 1.66. The van der Waals surface area contributed by atoms with E-state index < -0.39 is 0 Å². The van der Waals surface area contributed by atoms with Gasteiger partial charge in [-0.15, -0.1) is 0 Å². The Balaban J connectivity index is 1.82. The van der Waals surface area contributed by atoms with Crippen LogP contribution in [0.2, 0.25) is 0 Å². The third-order valence-corrected chi connectivity index (χ3v) is 4.48. The second kappa shape index (κ2) is 5.91. The Morgan fingerprint density at radius 3 is 2.61 bits per heavy atom. The number of amides is 3. The number of likely N-dealkylation sites (tertiary alicyclic amines) is 1. The second-order valence-corrected chi connectivity index (χ2v) is 5.86. The van der Waals surface area contributed by atoms with Gasteiger partial charge in [0.1, 0.15) is 0 Å². The average molecular weight is 317 g/mol. The highest BCUT2D eigenvalue weighted by atomic mass is 16.5. The minimum Gasteiger partial charge on any atom is -0.481 e. The van der Waals surface area contributed by atoms with Crippen LogP contribution in [0, 0.1) is 5.92 Å². The van der Waals surface area contributed by atoms with E-state index >= 15 is 0 Å². The van der Waals surface area contributed by atoms with E-state index in [1.54, 1.807) is 30.1 Å². The number of nitrogens with zero attached hydrogens (tertiary/aromatic N) is 2. The summed E-state index contributed by atoms with van der Waals surface area (Å²) in [4.78, 5) is 38.9. The van der Waals surface area contributed by atoms with E-state index in [1.807, 2.05) is 0 Å². The Kier molecular flexibility index (Phi) is 3.94. The molecule has 0 spiro atoms. The summed E-state index contributed by atoms with van der Waals surface area (Å²) in [6.45, 7) is 0.910. The van der Waals surface area contributed by atoms with E-state index in [0.29, 0.717) is 42.9 Å². The van der Waals surface area contributed by atoms with Crippen LogP contribution in [-0.2, 0) is 9.59 Å². The Morgan fingerprint density at radius 1 is 1.26 bits per heavy atom. The van der Waals surface area contributed by atoms with Crippen LogP contribution >= 0.6 is 0 Å². The smallest absolute Gasteiger partial charge is 0.264 e. The summed E-state index contributed by atoms with van der Waals surface area (Å²) >= 11 is 0. The molecule has 0 bridgehead atoms. The Hall–Kier alpha value is -2.57. The number of likely N-dealkylation sites (N-methyl/N-ethyl adjacent to an activating group) is 1. The van der Waals surface area contributed by atoms with Crippen LogP contribution in [-0.4, -0.2) is 49.4 Å². The lowest BCUT2D eigenvalue weighted by molar-refractivity contribution is -0.123. The first kappa shape index (κ1) is 15.3. The van der Waals surface area contributed by atoms with Crippen LogP contribution in [0.15, 0.2) is 18.2 Å². The number of piperidine rings is 1. The molecule has 1 aromatic rings. The summed E-state index contributed by atoms with van der Waals surface area (Å²) < 4.78 is 5.50. The van der Waals surface area contributed by atoms with Crippen LogP contribution in [0.4, 0.5) is 5.69 Å². The van der Waals surface area contributed by atoms with Crippen LogP contribution < -0.4 is 15.4 Å². The molecule has 3 amide bonds. The molecule has 3 rings (SSSR count). The van der Waals surface area contributed by atoms with Crippen molar-refractivity contribution in [3.63, 3.8) is 0 Å². The minimum absolute atomic E-state index is 0.0719. The number of rotatable bonds is 2. The molecule has 1 saturated heterocycles. The van der Waals surface area contributed by atoms with Crippen molar-refractivity contribution in [2.45, 2.75) is 12.8 Å². The highest BCUT2D eigenvalue weighted by Crippen LogP contribution is 2.35. The van der Waals surface area contributed by atoms with Gasteiger partial charge >= 0.3 is 0 Å². The molecular formula is C16H19N3O4. The number of fused-ring (bicyclic) bond motifs is 1. The molecule has 0 unspecified atom stereocenters. The van der Waals surface area contributed by atoms with Gasteiger partial charge in [0, 0.05) is 26.1 Å². The second-order valence-electron chi connectivity index (χ2n) is 5.86. The quantitative estimate of drug-likeness (QED) is 0.853. The maximum absolute atomic E-state index is 12.8. The topological polar surface area (TPSA) is 92.9 Å². The Labute approximate surface area is 134 Å². The number of primary amides is 1. The highest BCUT2D eigenvalue weighted by molar-refractivity contribution is 6.04. The summed E-state index contributed by atoms with van der Waals surface area (Å²) in [5.41, 5.74) is 6.36. The molecule has 7 nitrogen and oxygen atoms in total. The lowest BCUT2D eigenvalue weighted by Crippen LogP contribution is -2.42. The molecule has 2 aliphatic heterocycles. The minimum atomic E-state index is -0.308. The van der Waals surface area contributed by atoms with E-state index in [9.17, 15) is 14.4 Å². The number of para-hydroxylation sites is 1. The van der Waals surface area contributed by atoms with Crippen LogP contribution in [0.3, 0.4) is 0 Å². The van der Waals surface area contributed by atoms with E-state index in [2.05, 4.69) is 0 Å². The van der Waals surface area contributed by atoms with Crippen molar-refractivity contribution in [1.29, 1.82) is 0 Å². The first-order valence-electron chi connectivity index (χ1n) is 7.60. The van der Waals surface area contributed by atoms with Gasteiger partial charge in [0.2, 0.25) is 5.91 Å². The number of benzene rings is 1. The van der Waals surface area contributed by atoms with Crippen molar-refractivity contribution in [3.8, 4) is 5.75 Å². The lowest BCUT2D eigenvalue weighted by atomic mass is 9.95. The third-order valence-electron chi connectivity index (χ3n) is 4.48. The summed E-state index contributed by atoms with van der Waals surface area (Å²) in [5.74, 6) is -0.324. The molecular weight excluding hydrogens is 298 g/mol. The van der Waals surface area contributed by atoms with Crippen molar-refractivity contribution in [1.82, 2.24) is 4.90 Å².